The number of benzene rings is 1. The van der Waals surface area contributed by atoms with Crippen molar-refractivity contribution in [3.05, 3.63) is 50.6 Å². The second-order valence-corrected chi connectivity index (χ2v) is 6.10. The fourth-order valence-electron chi connectivity index (χ4n) is 1.81. The van der Waals surface area contributed by atoms with Crippen molar-refractivity contribution in [1.82, 2.24) is 4.90 Å². The lowest BCUT2D eigenvalue weighted by atomic mass is 10.2. The van der Waals surface area contributed by atoms with Gasteiger partial charge in [-0.15, -0.1) is 11.3 Å². The summed E-state index contributed by atoms with van der Waals surface area (Å²) < 4.78 is 6.39. The van der Waals surface area contributed by atoms with Gasteiger partial charge in [0, 0.05) is 22.4 Å². The van der Waals surface area contributed by atoms with E-state index in [1.165, 1.54) is 10.4 Å². The van der Waals surface area contributed by atoms with Gasteiger partial charge in [-0.05, 0) is 42.3 Å². The van der Waals surface area contributed by atoms with E-state index in [-0.39, 0.29) is 0 Å². The highest BCUT2D eigenvalue weighted by Gasteiger charge is 2.07. The maximum Gasteiger partial charge on any atom is 0.119 e. The lowest BCUT2D eigenvalue weighted by Gasteiger charge is -2.17. The van der Waals surface area contributed by atoms with Gasteiger partial charge >= 0.3 is 0 Å². The summed E-state index contributed by atoms with van der Waals surface area (Å²) in [5.41, 5.74) is 1.24. The minimum atomic E-state index is 0.898. The predicted octanol–water partition coefficient (Wildman–Crippen LogP) is 4.15. The van der Waals surface area contributed by atoms with Crippen molar-refractivity contribution in [3.63, 3.8) is 0 Å². The second kappa shape index (κ2) is 6.36. The van der Waals surface area contributed by atoms with Crippen LogP contribution in [0, 0.1) is 0 Å². The summed E-state index contributed by atoms with van der Waals surface area (Å²) >= 11 is 5.38. The Morgan fingerprint density at radius 1 is 1.28 bits per heavy atom. The summed E-state index contributed by atoms with van der Waals surface area (Å²) in [5.74, 6) is 0.901. The molecule has 2 rings (SSSR count). The number of rotatable bonds is 5. The van der Waals surface area contributed by atoms with E-state index in [2.05, 4.69) is 51.5 Å². The number of thiophene rings is 1. The molecule has 0 fully saturated rings. The fraction of sp³-hybridized carbons (Fsp3) is 0.286. The summed E-state index contributed by atoms with van der Waals surface area (Å²) in [4.78, 5) is 3.68. The van der Waals surface area contributed by atoms with E-state index in [1.54, 1.807) is 18.4 Å². The molecule has 0 unspecified atom stereocenters. The van der Waals surface area contributed by atoms with Crippen LogP contribution in [0.25, 0.3) is 0 Å². The van der Waals surface area contributed by atoms with Crippen LogP contribution < -0.4 is 4.74 Å². The van der Waals surface area contributed by atoms with E-state index in [0.717, 1.165) is 23.3 Å². The van der Waals surface area contributed by atoms with Gasteiger partial charge < -0.3 is 4.74 Å². The van der Waals surface area contributed by atoms with Gasteiger partial charge in [0.15, 0.2) is 0 Å². The first-order chi connectivity index (χ1) is 8.69. The zero-order valence-corrected chi connectivity index (χ0v) is 12.9. The van der Waals surface area contributed by atoms with Gasteiger partial charge in [0.25, 0.3) is 0 Å². The molecule has 0 aliphatic rings. The minimum Gasteiger partial charge on any atom is -0.497 e. The van der Waals surface area contributed by atoms with Crippen molar-refractivity contribution in [2.45, 2.75) is 13.1 Å². The molecule has 2 nitrogen and oxygen atoms in total. The minimum absolute atomic E-state index is 0.898. The van der Waals surface area contributed by atoms with Crippen LogP contribution in [0.5, 0.6) is 5.75 Å². The van der Waals surface area contributed by atoms with Crippen LogP contribution in [0.3, 0.4) is 0 Å². The standard InChI is InChI=1S/C14H16BrNOS/c1-16(10-13-4-3-7-18-13)9-11-8-12(17-2)5-6-14(11)15/h3-8H,9-10H2,1-2H3. The van der Waals surface area contributed by atoms with Crippen LogP contribution in [0.15, 0.2) is 40.2 Å². The summed E-state index contributed by atoms with van der Waals surface area (Å²) in [6, 6.07) is 10.3. The number of halogens is 1. The Morgan fingerprint density at radius 3 is 2.78 bits per heavy atom. The molecule has 1 aromatic carbocycles. The Morgan fingerprint density at radius 2 is 2.11 bits per heavy atom. The second-order valence-electron chi connectivity index (χ2n) is 4.21. The molecule has 4 heteroatoms. The van der Waals surface area contributed by atoms with Crippen molar-refractivity contribution in [2.75, 3.05) is 14.2 Å². The maximum atomic E-state index is 5.26. The van der Waals surface area contributed by atoms with Crippen LogP contribution in [0.4, 0.5) is 0 Å². The topological polar surface area (TPSA) is 12.5 Å². The highest BCUT2D eigenvalue weighted by Crippen LogP contribution is 2.24. The average Bonchev–Trinajstić information content (AvgIpc) is 2.84. The number of hydrogen-bond acceptors (Lipinski definition) is 3. The smallest absolute Gasteiger partial charge is 0.119 e. The van der Waals surface area contributed by atoms with E-state index < -0.39 is 0 Å². The first-order valence-electron chi connectivity index (χ1n) is 5.72. The van der Waals surface area contributed by atoms with Gasteiger partial charge in [-0.25, -0.2) is 0 Å². The molecule has 96 valence electrons. The molecule has 2 aromatic rings. The maximum absolute atomic E-state index is 5.26. The quantitative estimate of drug-likeness (QED) is 0.818. The molecule has 0 saturated heterocycles. The molecule has 0 amide bonds. The molecular formula is C14H16BrNOS. The third-order valence-electron chi connectivity index (χ3n) is 2.70. The third kappa shape index (κ3) is 3.57. The molecule has 0 radical (unpaired) electrons. The van der Waals surface area contributed by atoms with Crippen molar-refractivity contribution < 1.29 is 4.74 Å². The molecule has 18 heavy (non-hydrogen) atoms. The van der Waals surface area contributed by atoms with Crippen LogP contribution in [-0.4, -0.2) is 19.1 Å². The van der Waals surface area contributed by atoms with Crippen molar-refractivity contribution in [3.8, 4) is 5.75 Å². The Hall–Kier alpha value is -0.840. The Bertz CT molecular complexity index is 499. The molecule has 0 aliphatic heterocycles. The van der Waals surface area contributed by atoms with Crippen LogP contribution in [0.1, 0.15) is 10.4 Å². The molecule has 1 aromatic heterocycles. The largest absolute Gasteiger partial charge is 0.497 e. The first kappa shape index (κ1) is 13.6. The van der Waals surface area contributed by atoms with Gasteiger partial charge in [0.1, 0.15) is 5.75 Å². The summed E-state index contributed by atoms with van der Waals surface area (Å²) in [6.07, 6.45) is 0. The zero-order chi connectivity index (χ0) is 13.0. The highest BCUT2D eigenvalue weighted by molar-refractivity contribution is 9.10. The first-order valence-corrected chi connectivity index (χ1v) is 7.39. The summed E-state index contributed by atoms with van der Waals surface area (Å²) in [5, 5.41) is 2.12. The Balaban J connectivity index is 2.04. The van der Waals surface area contributed by atoms with Gasteiger partial charge in [-0.3, -0.25) is 4.90 Å². The van der Waals surface area contributed by atoms with E-state index in [1.807, 2.05) is 12.1 Å². The monoisotopic (exact) mass is 325 g/mol. The molecule has 1 heterocycles. The van der Waals surface area contributed by atoms with E-state index in [9.17, 15) is 0 Å². The third-order valence-corrected chi connectivity index (χ3v) is 4.33. The Labute approximate surface area is 120 Å². The highest BCUT2D eigenvalue weighted by atomic mass is 79.9. The zero-order valence-electron chi connectivity index (χ0n) is 10.5. The average molecular weight is 326 g/mol. The van der Waals surface area contributed by atoms with Crippen LogP contribution >= 0.6 is 27.3 Å². The molecule has 0 atom stereocenters. The van der Waals surface area contributed by atoms with Crippen LogP contribution in [0.2, 0.25) is 0 Å². The molecule has 0 spiro atoms. The molecule has 0 bridgehead atoms. The van der Waals surface area contributed by atoms with Crippen molar-refractivity contribution >= 4 is 27.3 Å². The molecular weight excluding hydrogens is 310 g/mol. The van der Waals surface area contributed by atoms with Crippen LogP contribution in [-0.2, 0) is 13.1 Å². The number of nitrogens with zero attached hydrogens (tertiary/aromatic N) is 1. The van der Waals surface area contributed by atoms with Gasteiger partial charge in [-0.2, -0.15) is 0 Å². The SMILES string of the molecule is COc1ccc(Br)c(CN(C)Cc2cccs2)c1. The van der Waals surface area contributed by atoms with E-state index >= 15 is 0 Å². The lowest BCUT2D eigenvalue weighted by molar-refractivity contribution is 0.320. The molecule has 0 N–H and O–H groups in total. The van der Waals surface area contributed by atoms with E-state index in [4.69, 9.17) is 4.74 Å². The van der Waals surface area contributed by atoms with Crippen molar-refractivity contribution in [1.29, 1.82) is 0 Å². The van der Waals surface area contributed by atoms with Gasteiger partial charge in [0.05, 0.1) is 7.11 Å². The Kier molecular flexibility index (Phi) is 4.80. The number of methoxy groups -OCH3 is 1. The number of hydrogen-bond donors (Lipinski definition) is 0. The predicted molar refractivity (Wildman–Crippen MR) is 80.2 cm³/mol. The number of ether oxygens (including phenoxy) is 1. The molecule has 0 aliphatic carbocycles. The van der Waals surface area contributed by atoms with Crippen molar-refractivity contribution in [2.24, 2.45) is 0 Å². The lowest BCUT2D eigenvalue weighted by Crippen LogP contribution is -2.16. The van der Waals surface area contributed by atoms with E-state index in [0.29, 0.717) is 0 Å². The molecule has 0 saturated carbocycles. The fourth-order valence-corrected chi connectivity index (χ4v) is 2.97. The normalized spacial score (nSPS) is 10.9. The summed E-state index contributed by atoms with van der Waals surface area (Å²) in [6.45, 7) is 1.87. The van der Waals surface area contributed by atoms with Gasteiger partial charge in [-0.1, -0.05) is 22.0 Å². The van der Waals surface area contributed by atoms with Gasteiger partial charge in [0.2, 0.25) is 0 Å². The summed E-state index contributed by atoms with van der Waals surface area (Å²) in [7, 11) is 3.83.